The lowest BCUT2D eigenvalue weighted by Gasteiger charge is -2.36. The van der Waals surface area contributed by atoms with Gasteiger partial charge in [0.15, 0.2) is 5.78 Å². The fraction of sp³-hybridized carbons (Fsp3) is 0.588. The minimum Gasteiger partial charge on any atom is -0.382 e. The molecule has 2 heteroatoms. The lowest BCUT2D eigenvalue weighted by molar-refractivity contribution is 0.0988. The number of hydrogen-bond donors (Lipinski definition) is 1. The van der Waals surface area contributed by atoms with Crippen molar-refractivity contribution in [3.8, 4) is 0 Å². The van der Waals surface area contributed by atoms with Crippen LogP contribution in [0.1, 0.15) is 63.2 Å². The van der Waals surface area contributed by atoms with E-state index in [0.717, 1.165) is 11.3 Å². The third-order valence-electron chi connectivity index (χ3n) is 4.10. The molecule has 1 aliphatic rings. The summed E-state index contributed by atoms with van der Waals surface area (Å²) in [7, 11) is 0. The fourth-order valence-electron chi connectivity index (χ4n) is 3.01. The minimum atomic E-state index is 0.213. The Bertz CT molecular complexity index is 433. The van der Waals surface area contributed by atoms with Crippen LogP contribution in [-0.2, 0) is 0 Å². The number of carbonyl (C=O) groups is 1. The number of Topliss-reactive ketones (excluding diaryl/α,β-unsaturated/α-hetero) is 1. The van der Waals surface area contributed by atoms with E-state index in [0.29, 0.717) is 17.9 Å². The number of carbonyl (C=O) groups excluding carboxylic acids is 1. The molecule has 0 radical (unpaired) electrons. The van der Waals surface area contributed by atoms with Crippen LogP contribution in [0.2, 0.25) is 0 Å². The van der Waals surface area contributed by atoms with Gasteiger partial charge in [0, 0.05) is 23.7 Å². The molecule has 19 heavy (non-hydrogen) atoms. The standard InChI is InChI=1S/C17H25NO/c1-4-16(19)13-7-9-14(10-8-13)18-15-6-5-11-17(2,3)12-15/h7-10,15,18H,4-6,11-12H2,1-3H3. The summed E-state index contributed by atoms with van der Waals surface area (Å²) in [4.78, 5) is 11.6. The second-order valence-corrected chi connectivity index (χ2v) is 6.46. The summed E-state index contributed by atoms with van der Waals surface area (Å²) < 4.78 is 0. The summed E-state index contributed by atoms with van der Waals surface area (Å²) in [5, 5.41) is 3.61. The first-order valence-electron chi connectivity index (χ1n) is 7.40. The first-order chi connectivity index (χ1) is 9.00. The summed E-state index contributed by atoms with van der Waals surface area (Å²) in [5.41, 5.74) is 2.40. The van der Waals surface area contributed by atoms with Crippen LogP contribution in [0, 0.1) is 5.41 Å². The Morgan fingerprint density at radius 3 is 2.58 bits per heavy atom. The van der Waals surface area contributed by atoms with Crippen molar-refractivity contribution >= 4 is 11.5 Å². The van der Waals surface area contributed by atoms with Gasteiger partial charge in [0.1, 0.15) is 0 Å². The van der Waals surface area contributed by atoms with Crippen LogP contribution >= 0.6 is 0 Å². The number of rotatable bonds is 4. The Hall–Kier alpha value is -1.31. The minimum absolute atomic E-state index is 0.213. The average Bonchev–Trinajstić information content (AvgIpc) is 2.37. The van der Waals surface area contributed by atoms with Crippen molar-refractivity contribution in [3.05, 3.63) is 29.8 Å². The number of anilines is 1. The molecule has 1 aliphatic carbocycles. The van der Waals surface area contributed by atoms with Gasteiger partial charge in [-0.1, -0.05) is 27.2 Å². The van der Waals surface area contributed by atoms with Gasteiger partial charge in [-0.05, 0) is 48.9 Å². The number of ketones is 1. The highest BCUT2D eigenvalue weighted by Crippen LogP contribution is 2.36. The van der Waals surface area contributed by atoms with Crippen molar-refractivity contribution in [2.75, 3.05) is 5.32 Å². The highest BCUT2D eigenvalue weighted by atomic mass is 16.1. The lowest BCUT2D eigenvalue weighted by atomic mass is 9.75. The SMILES string of the molecule is CCC(=O)c1ccc(NC2CCCC(C)(C)C2)cc1. The molecule has 2 nitrogen and oxygen atoms in total. The van der Waals surface area contributed by atoms with Gasteiger partial charge in [0.05, 0.1) is 0 Å². The molecule has 0 aromatic heterocycles. The first kappa shape index (κ1) is 14.1. The lowest BCUT2D eigenvalue weighted by Crippen LogP contribution is -2.31. The van der Waals surface area contributed by atoms with Gasteiger partial charge < -0.3 is 5.32 Å². The van der Waals surface area contributed by atoms with Crippen LogP contribution in [0.25, 0.3) is 0 Å². The van der Waals surface area contributed by atoms with Crippen LogP contribution < -0.4 is 5.32 Å². The van der Waals surface area contributed by atoms with Gasteiger partial charge in [0.2, 0.25) is 0 Å². The maximum absolute atomic E-state index is 11.6. The summed E-state index contributed by atoms with van der Waals surface area (Å²) in [6, 6.07) is 8.50. The second kappa shape index (κ2) is 5.77. The van der Waals surface area contributed by atoms with Gasteiger partial charge in [-0.25, -0.2) is 0 Å². The fourth-order valence-corrected chi connectivity index (χ4v) is 3.01. The summed E-state index contributed by atoms with van der Waals surface area (Å²) >= 11 is 0. The number of nitrogens with one attached hydrogen (secondary N) is 1. The molecule has 1 N–H and O–H groups in total. The zero-order valence-corrected chi connectivity index (χ0v) is 12.3. The quantitative estimate of drug-likeness (QED) is 0.797. The Balaban J connectivity index is 1.98. The van der Waals surface area contributed by atoms with E-state index in [1.807, 2.05) is 31.2 Å². The summed E-state index contributed by atoms with van der Waals surface area (Å²) in [6.45, 7) is 6.60. The van der Waals surface area contributed by atoms with Crippen molar-refractivity contribution in [1.82, 2.24) is 0 Å². The number of hydrogen-bond acceptors (Lipinski definition) is 2. The van der Waals surface area contributed by atoms with Crippen LogP contribution in [0.15, 0.2) is 24.3 Å². The normalized spacial score (nSPS) is 21.9. The van der Waals surface area contributed by atoms with Crippen LogP contribution in [0.3, 0.4) is 0 Å². The Kier molecular flexibility index (Phi) is 4.28. The van der Waals surface area contributed by atoms with Gasteiger partial charge in [-0.2, -0.15) is 0 Å². The molecule has 0 bridgehead atoms. The van der Waals surface area contributed by atoms with Gasteiger partial charge >= 0.3 is 0 Å². The van der Waals surface area contributed by atoms with Crippen molar-refractivity contribution in [2.45, 2.75) is 58.9 Å². The zero-order chi connectivity index (χ0) is 13.9. The summed E-state index contributed by atoms with van der Waals surface area (Å²) in [6.07, 6.45) is 5.68. The van der Waals surface area contributed by atoms with Crippen molar-refractivity contribution in [3.63, 3.8) is 0 Å². The molecule has 1 unspecified atom stereocenters. The molecule has 0 amide bonds. The first-order valence-corrected chi connectivity index (χ1v) is 7.40. The van der Waals surface area contributed by atoms with E-state index in [9.17, 15) is 4.79 Å². The van der Waals surface area contributed by atoms with Gasteiger partial charge in [0.25, 0.3) is 0 Å². The molecule has 2 rings (SSSR count). The molecule has 0 spiro atoms. The van der Waals surface area contributed by atoms with Gasteiger partial charge in [-0.3, -0.25) is 4.79 Å². The van der Waals surface area contributed by atoms with E-state index in [-0.39, 0.29) is 5.78 Å². The molecular formula is C17H25NO. The Morgan fingerprint density at radius 1 is 1.32 bits per heavy atom. The monoisotopic (exact) mass is 259 g/mol. The van der Waals surface area contributed by atoms with Crippen LogP contribution in [0.4, 0.5) is 5.69 Å². The van der Waals surface area contributed by atoms with E-state index in [2.05, 4.69) is 19.2 Å². The van der Waals surface area contributed by atoms with E-state index < -0.39 is 0 Å². The summed E-state index contributed by atoms with van der Waals surface area (Å²) in [5.74, 6) is 0.213. The van der Waals surface area contributed by atoms with Gasteiger partial charge in [-0.15, -0.1) is 0 Å². The molecule has 1 atom stereocenters. The van der Waals surface area contributed by atoms with Crippen LogP contribution in [-0.4, -0.2) is 11.8 Å². The molecule has 0 heterocycles. The molecule has 1 aromatic rings. The zero-order valence-electron chi connectivity index (χ0n) is 12.3. The highest BCUT2D eigenvalue weighted by Gasteiger charge is 2.27. The molecule has 0 aliphatic heterocycles. The molecule has 0 saturated heterocycles. The average molecular weight is 259 g/mol. The van der Waals surface area contributed by atoms with E-state index in [4.69, 9.17) is 0 Å². The second-order valence-electron chi connectivity index (χ2n) is 6.46. The molecule has 104 valence electrons. The third-order valence-corrected chi connectivity index (χ3v) is 4.10. The Morgan fingerprint density at radius 2 is 2.00 bits per heavy atom. The van der Waals surface area contributed by atoms with Crippen molar-refractivity contribution in [1.29, 1.82) is 0 Å². The topological polar surface area (TPSA) is 29.1 Å². The maximum atomic E-state index is 11.6. The molecule has 1 aromatic carbocycles. The highest BCUT2D eigenvalue weighted by molar-refractivity contribution is 5.96. The van der Waals surface area contributed by atoms with E-state index in [1.54, 1.807) is 0 Å². The molecule has 1 fully saturated rings. The van der Waals surface area contributed by atoms with Crippen molar-refractivity contribution < 1.29 is 4.79 Å². The van der Waals surface area contributed by atoms with Crippen molar-refractivity contribution in [2.24, 2.45) is 5.41 Å². The predicted octanol–water partition coefficient (Wildman–Crippen LogP) is 4.66. The predicted molar refractivity (Wildman–Crippen MR) is 80.7 cm³/mol. The van der Waals surface area contributed by atoms with E-state index >= 15 is 0 Å². The maximum Gasteiger partial charge on any atom is 0.162 e. The van der Waals surface area contributed by atoms with Crippen LogP contribution in [0.5, 0.6) is 0 Å². The van der Waals surface area contributed by atoms with E-state index in [1.165, 1.54) is 25.7 Å². The largest absolute Gasteiger partial charge is 0.382 e. The Labute approximate surface area is 116 Å². The third kappa shape index (κ3) is 3.82. The smallest absolute Gasteiger partial charge is 0.162 e. The number of benzene rings is 1. The molecular weight excluding hydrogens is 234 g/mol. The molecule has 1 saturated carbocycles.